The van der Waals surface area contributed by atoms with Crippen molar-refractivity contribution in [3.63, 3.8) is 0 Å². The number of carbonyl (C=O) groups excluding carboxylic acids is 1. The van der Waals surface area contributed by atoms with Crippen LogP contribution in [0.2, 0.25) is 5.02 Å². The number of halogens is 1. The average molecular weight is 632 g/mol. The van der Waals surface area contributed by atoms with E-state index < -0.39 is 24.8 Å². The predicted molar refractivity (Wildman–Crippen MR) is 163 cm³/mol. The Bertz CT molecular complexity index is 1190. The lowest BCUT2D eigenvalue weighted by molar-refractivity contribution is 0.0435. The Labute approximate surface area is 252 Å². The summed E-state index contributed by atoms with van der Waals surface area (Å²) in [5.74, 6) is 1.38. The molecule has 9 nitrogen and oxygen atoms in total. The summed E-state index contributed by atoms with van der Waals surface area (Å²) in [4.78, 5) is 33.7. The first kappa shape index (κ1) is 35.3. The Morgan fingerprint density at radius 2 is 1.78 bits per heavy atom. The van der Waals surface area contributed by atoms with Gasteiger partial charge in [0.2, 0.25) is 0 Å². The van der Waals surface area contributed by atoms with Crippen LogP contribution in [-0.4, -0.2) is 53.7 Å². The van der Waals surface area contributed by atoms with E-state index in [1.807, 2.05) is 50.2 Å². The molecule has 0 heterocycles. The van der Waals surface area contributed by atoms with E-state index in [2.05, 4.69) is 5.32 Å². The van der Waals surface area contributed by atoms with Gasteiger partial charge in [-0.2, -0.15) is 0 Å². The van der Waals surface area contributed by atoms with Gasteiger partial charge < -0.3 is 34.1 Å². The van der Waals surface area contributed by atoms with Gasteiger partial charge in [-0.15, -0.1) is 0 Å². The van der Waals surface area contributed by atoms with Crippen LogP contribution >= 0.6 is 31.0 Å². The fraction of sp³-hybridized carbons (Fsp3) is 0.552. The molecule has 12 heteroatoms. The normalized spacial score (nSPS) is 13.4. The summed E-state index contributed by atoms with van der Waals surface area (Å²) in [6.45, 7) is 9.84. The van der Waals surface area contributed by atoms with Crippen LogP contribution in [0.3, 0.4) is 0 Å². The zero-order valence-corrected chi connectivity index (χ0v) is 27.2. The SMILES string of the molecule is CCCC(CCc1ccc(Sc2cc(OCC)ccc2OCOC)cc1Cl)(CCP(=O)(O)O)NC(=O)OC(C)(C)C. The summed E-state index contributed by atoms with van der Waals surface area (Å²) in [5, 5.41) is 3.49. The summed E-state index contributed by atoms with van der Waals surface area (Å²) >= 11 is 8.20. The van der Waals surface area contributed by atoms with E-state index in [0.717, 1.165) is 21.1 Å². The summed E-state index contributed by atoms with van der Waals surface area (Å²) < 4.78 is 33.7. The van der Waals surface area contributed by atoms with Crippen molar-refractivity contribution in [3.8, 4) is 11.5 Å². The van der Waals surface area contributed by atoms with Gasteiger partial charge >= 0.3 is 13.7 Å². The number of carbonyl (C=O) groups is 1. The molecule has 0 aliphatic rings. The van der Waals surface area contributed by atoms with Gasteiger partial charge in [-0.3, -0.25) is 4.57 Å². The van der Waals surface area contributed by atoms with Crippen LogP contribution in [0.1, 0.15) is 65.9 Å². The van der Waals surface area contributed by atoms with E-state index in [1.165, 1.54) is 11.8 Å². The molecule has 0 radical (unpaired) electrons. The molecular weight excluding hydrogens is 589 g/mol. The highest BCUT2D eigenvalue weighted by atomic mass is 35.5. The molecule has 0 spiro atoms. The van der Waals surface area contributed by atoms with E-state index in [1.54, 1.807) is 27.9 Å². The fourth-order valence-electron chi connectivity index (χ4n) is 4.28. The van der Waals surface area contributed by atoms with Crippen LogP contribution < -0.4 is 14.8 Å². The lowest BCUT2D eigenvalue weighted by atomic mass is 9.84. The maximum absolute atomic E-state index is 12.7. The van der Waals surface area contributed by atoms with Crippen LogP contribution in [-0.2, 0) is 20.5 Å². The first-order valence-electron chi connectivity index (χ1n) is 13.6. The lowest BCUT2D eigenvalue weighted by Gasteiger charge is -2.36. The van der Waals surface area contributed by atoms with E-state index in [-0.39, 0.29) is 19.4 Å². The largest absolute Gasteiger partial charge is 0.494 e. The molecule has 41 heavy (non-hydrogen) atoms. The molecule has 0 aliphatic heterocycles. The maximum Gasteiger partial charge on any atom is 0.408 e. The van der Waals surface area contributed by atoms with Gasteiger partial charge in [0.1, 0.15) is 17.1 Å². The van der Waals surface area contributed by atoms with Crippen molar-refractivity contribution in [2.45, 2.75) is 87.7 Å². The Balaban J connectivity index is 2.27. The second-order valence-electron chi connectivity index (χ2n) is 10.7. The highest BCUT2D eigenvalue weighted by Crippen LogP contribution is 2.41. The number of ether oxygens (including phenoxy) is 4. The van der Waals surface area contributed by atoms with Gasteiger partial charge in [-0.25, -0.2) is 4.79 Å². The number of hydrogen-bond acceptors (Lipinski definition) is 7. The van der Waals surface area contributed by atoms with Crippen molar-refractivity contribution in [1.29, 1.82) is 0 Å². The molecule has 2 rings (SSSR count). The van der Waals surface area contributed by atoms with Crippen molar-refractivity contribution in [3.05, 3.63) is 47.0 Å². The van der Waals surface area contributed by atoms with Gasteiger partial charge in [0.25, 0.3) is 0 Å². The van der Waals surface area contributed by atoms with Gasteiger partial charge in [0.15, 0.2) is 6.79 Å². The number of methoxy groups -OCH3 is 1. The minimum Gasteiger partial charge on any atom is -0.494 e. The van der Waals surface area contributed by atoms with Gasteiger partial charge in [0.05, 0.1) is 17.7 Å². The van der Waals surface area contributed by atoms with Crippen molar-refractivity contribution in [2.24, 2.45) is 0 Å². The summed E-state index contributed by atoms with van der Waals surface area (Å²) in [6.07, 6.45) is 1.29. The van der Waals surface area contributed by atoms with Crippen LogP contribution in [0.4, 0.5) is 4.79 Å². The standard InChI is InChI=1S/C29H43ClNO8PS/c1-7-14-29(16-17-40(33,34)35,31-27(32)39-28(3,4)5)15-13-21-9-11-23(19-24(21)30)41-26-18-22(37-8-2)10-12-25(26)38-20-36-6/h9-12,18-19H,7-8,13-17,20H2,1-6H3,(H,31,32)(H2,33,34,35). The van der Waals surface area contributed by atoms with Gasteiger partial charge in [0, 0.05) is 22.6 Å². The topological polar surface area (TPSA) is 124 Å². The number of nitrogens with one attached hydrogen (secondary N) is 1. The Morgan fingerprint density at radius 3 is 2.37 bits per heavy atom. The van der Waals surface area contributed by atoms with Crippen LogP contribution in [0.25, 0.3) is 0 Å². The second kappa shape index (κ2) is 16.1. The minimum absolute atomic E-state index is 0.107. The highest BCUT2D eigenvalue weighted by molar-refractivity contribution is 7.99. The van der Waals surface area contributed by atoms with Crippen molar-refractivity contribution in [2.75, 3.05) is 26.7 Å². The number of alkyl carbamates (subject to hydrolysis) is 1. The molecule has 2 aromatic rings. The molecule has 0 fully saturated rings. The molecule has 1 atom stereocenters. The summed E-state index contributed by atoms with van der Waals surface area (Å²) in [5.41, 5.74) is -0.723. The van der Waals surface area contributed by atoms with E-state index in [9.17, 15) is 19.1 Å². The van der Waals surface area contributed by atoms with Crippen molar-refractivity contribution < 1.29 is 38.1 Å². The number of rotatable bonds is 16. The molecule has 3 N–H and O–H groups in total. The number of benzene rings is 2. The van der Waals surface area contributed by atoms with E-state index in [4.69, 9.17) is 30.5 Å². The van der Waals surface area contributed by atoms with Crippen molar-refractivity contribution >= 4 is 37.1 Å². The number of amides is 1. The molecule has 2 aromatic carbocycles. The first-order valence-corrected chi connectivity index (χ1v) is 16.6. The molecule has 230 valence electrons. The second-order valence-corrected chi connectivity index (χ2v) is 14.0. The zero-order chi connectivity index (χ0) is 30.7. The monoisotopic (exact) mass is 631 g/mol. The molecule has 1 amide bonds. The Hall–Kier alpha value is -1.94. The van der Waals surface area contributed by atoms with Crippen LogP contribution in [0.5, 0.6) is 11.5 Å². The number of aryl methyl sites for hydroxylation is 1. The molecular formula is C29H43ClNO8PS. The Kier molecular flexibility index (Phi) is 13.8. The van der Waals surface area contributed by atoms with E-state index in [0.29, 0.717) is 43.1 Å². The third kappa shape index (κ3) is 12.8. The molecule has 1 unspecified atom stereocenters. The Morgan fingerprint density at radius 1 is 1.05 bits per heavy atom. The van der Waals surface area contributed by atoms with Crippen LogP contribution in [0, 0.1) is 0 Å². The van der Waals surface area contributed by atoms with Gasteiger partial charge in [-0.05, 0) is 89.3 Å². The minimum atomic E-state index is -4.28. The molecule has 0 saturated carbocycles. The molecule has 0 aromatic heterocycles. The summed E-state index contributed by atoms with van der Waals surface area (Å²) in [7, 11) is -2.72. The highest BCUT2D eigenvalue weighted by Gasteiger charge is 2.35. The summed E-state index contributed by atoms with van der Waals surface area (Å²) in [6, 6.07) is 11.3. The molecule has 0 bridgehead atoms. The number of hydrogen-bond donors (Lipinski definition) is 3. The lowest BCUT2D eigenvalue weighted by Crippen LogP contribution is -2.51. The quantitative estimate of drug-likeness (QED) is 0.128. The first-order chi connectivity index (χ1) is 19.2. The predicted octanol–water partition coefficient (Wildman–Crippen LogP) is 7.44. The third-order valence-corrected chi connectivity index (χ3v) is 8.25. The fourth-order valence-corrected chi connectivity index (χ4v) is 6.31. The smallest absolute Gasteiger partial charge is 0.408 e. The maximum atomic E-state index is 12.7. The van der Waals surface area contributed by atoms with Crippen LogP contribution in [0.15, 0.2) is 46.2 Å². The van der Waals surface area contributed by atoms with E-state index >= 15 is 0 Å². The third-order valence-electron chi connectivity index (χ3n) is 6.06. The zero-order valence-electron chi connectivity index (χ0n) is 24.7. The van der Waals surface area contributed by atoms with Gasteiger partial charge in [-0.1, -0.05) is 42.8 Å². The molecule has 0 aliphatic carbocycles. The average Bonchev–Trinajstić information content (AvgIpc) is 2.85. The molecule has 0 saturated heterocycles. The van der Waals surface area contributed by atoms with Crippen molar-refractivity contribution in [1.82, 2.24) is 5.32 Å².